The lowest BCUT2D eigenvalue weighted by molar-refractivity contribution is -0.320. The fourth-order valence-corrected chi connectivity index (χ4v) is 2.85. The summed E-state index contributed by atoms with van der Waals surface area (Å²) in [7, 11) is 0. The Morgan fingerprint density at radius 1 is 0.913 bits per heavy atom. The molecule has 0 aromatic heterocycles. The first-order chi connectivity index (χ1) is 11.0. The van der Waals surface area contributed by atoms with Crippen molar-refractivity contribution in [3.8, 4) is 0 Å². The Labute approximate surface area is 134 Å². The van der Waals surface area contributed by atoms with Gasteiger partial charge in [0, 0.05) is 19.4 Å². The van der Waals surface area contributed by atoms with E-state index in [0.29, 0.717) is 6.61 Å². The van der Waals surface area contributed by atoms with Gasteiger partial charge < -0.3 is 44.5 Å². The van der Waals surface area contributed by atoms with Gasteiger partial charge in [-0.1, -0.05) is 0 Å². The fraction of sp³-hybridized carbons (Fsp3) is 1.00. The first-order valence-corrected chi connectivity index (χ1v) is 7.84. The first kappa shape index (κ1) is 19.0. The molecule has 7 unspecified atom stereocenters. The fourth-order valence-electron chi connectivity index (χ4n) is 2.85. The second-order valence-corrected chi connectivity index (χ2v) is 5.73. The van der Waals surface area contributed by atoms with Gasteiger partial charge in [0.25, 0.3) is 0 Å². The third kappa shape index (κ3) is 4.59. The number of aliphatic hydroxyl groups excluding tert-OH is 5. The summed E-state index contributed by atoms with van der Waals surface area (Å²) in [5, 5.41) is 48.3. The smallest absolute Gasteiger partial charge is 0.161 e. The Morgan fingerprint density at radius 2 is 1.52 bits per heavy atom. The number of ether oxygens (including phenoxy) is 4. The normalized spacial score (nSPS) is 45.1. The van der Waals surface area contributed by atoms with Crippen molar-refractivity contribution in [2.75, 3.05) is 19.8 Å². The summed E-state index contributed by atoms with van der Waals surface area (Å²) in [4.78, 5) is 0. The van der Waals surface area contributed by atoms with E-state index in [1.165, 1.54) is 0 Å². The lowest BCUT2D eigenvalue weighted by Crippen LogP contribution is -2.56. The molecule has 2 aliphatic heterocycles. The molecule has 2 rings (SSSR count). The summed E-state index contributed by atoms with van der Waals surface area (Å²) in [6, 6.07) is 0. The summed E-state index contributed by atoms with van der Waals surface area (Å²) in [6.45, 7) is 1.35. The summed E-state index contributed by atoms with van der Waals surface area (Å²) in [5.74, 6) is 0. The Balaban J connectivity index is 1.97. The van der Waals surface area contributed by atoms with Crippen LogP contribution in [-0.4, -0.2) is 94.6 Å². The van der Waals surface area contributed by atoms with Crippen LogP contribution in [0.15, 0.2) is 0 Å². The van der Waals surface area contributed by atoms with Crippen molar-refractivity contribution in [1.29, 1.82) is 0 Å². The maximum atomic E-state index is 10.2. The summed E-state index contributed by atoms with van der Waals surface area (Å²) < 4.78 is 21.8. The molecule has 5 N–H and O–H groups in total. The van der Waals surface area contributed by atoms with E-state index in [1.54, 1.807) is 6.92 Å². The van der Waals surface area contributed by atoms with Crippen LogP contribution in [0.2, 0.25) is 0 Å². The van der Waals surface area contributed by atoms with E-state index in [9.17, 15) is 20.4 Å². The van der Waals surface area contributed by atoms with Gasteiger partial charge in [-0.2, -0.15) is 0 Å². The molecular formula is C14H26O9. The van der Waals surface area contributed by atoms with Gasteiger partial charge in [-0.15, -0.1) is 0 Å². The van der Waals surface area contributed by atoms with Gasteiger partial charge in [0.05, 0.1) is 25.4 Å². The van der Waals surface area contributed by atoms with Gasteiger partial charge in [0.15, 0.2) is 12.6 Å². The molecule has 0 aliphatic carbocycles. The van der Waals surface area contributed by atoms with Crippen molar-refractivity contribution in [3.63, 3.8) is 0 Å². The van der Waals surface area contributed by atoms with E-state index in [1.807, 2.05) is 0 Å². The van der Waals surface area contributed by atoms with Crippen LogP contribution in [0.4, 0.5) is 0 Å². The van der Waals surface area contributed by atoms with E-state index < -0.39 is 55.8 Å². The summed E-state index contributed by atoms with van der Waals surface area (Å²) >= 11 is 0. The Morgan fingerprint density at radius 3 is 2.13 bits per heavy atom. The van der Waals surface area contributed by atoms with Crippen LogP contribution in [0.1, 0.15) is 19.8 Å². The zero-order valence-electron chi connectivity index (χ0n) is 13.0. The molecule has 9 heteroatoms. The van der Waals surface area contributed by atoms with Crippen molar-refractivity contribution in [2.45, 2.75) is 69.0 Å². The third-order valence-corrected chi connectivity index (χ3v) is 4.06. The minimum atomic E-state index is -1.21. The molecule has 8 atom stereocenters. The highest BCUT2D eigenvalue weighted by Gasteiger charge is 2.43. The molecule has 0 spiro atoms. The minimum Gasteiger partial charge on any atom is -0.394 e. The zero-order chi connectivity index (χ0) is 17.0. The van der Waals surface area contributed by atoms with Crippen LogP contribution in [0.5, 0.6) is 0 Å². The van der Waals surface area contributed by atoms with Crippen LogP contribution in [-0.2, 0) is 18.9 Å². The van der Waals surface area contributed by atoms with Crippen molar-refractivity contribution < 1.29 is 44.5 Å². The van der Waals surface area contributed by atoms with E-state index in [4.69, 9.17) is 24.1 Å². The third-order valence-electron chi connectivity index (χ3n) is 4.06. The van der Waals surface area contributed by atoms with Crippen molar-refractivity contribution >= 4 is 0 Å². The molecule has 136 valence electrons. The number of hydrogen-bond acceptors (Lipinski definition) is 9. The number of aliphatic hydroxyl groups is 5. The van der Waals surface area contributed by atoms with Crippen LogP contribution in [0.3, 0.4) is 0 Å². The molecule has 2 fully saturated rings. The second-order valence-electron chi connectivity index (χ2n) is 5.73. The van der Waals surface area contributed by atoms with Gasteiger partial charge in [0.2, 0.25) is 0 Å². The first-order valence-electron chi connectivity index (χ1n) is 7.84. The number of hydrogen-bond donors (Lipinski definition) is 5. The summed E-state index contributed by atoms with van der Waals surface area (Å²) in [6.07, 6.45) is -7.33. The van der Waals surface area contributed by atoms with Crippen molar-refractivity contribution in [2.24, 2.45) is 0 Å². The van der Waals surface area contributed by atoms with Crippen LogP contribution in [0, 0.1) is 0 Å². The molecule has 2 aliphatic rings. The highest BCUT2D eigenvalue weighted by Crippen LogP contribution is 2.28. The molecule has 0 saturated carbocycles. The zero-order valence-corrected chi connectivity index (χ0v) is 13.0. The number of rotatable bonds is 6. The molecule has 0 radical (unpaired) electrons. The van der Waals surface area contributed by atoms with Gasteiger partial charge in [-0.3, -0.25) is 0 Å². The molecule has 0 bridgehead atoms. The highest BCUT2D eigenvalue weighted by molar-refractivity contribution is 4.87. The largest absolute Gasteiger partial charge is 0.394 e. The molecule has 2 heterocycles. The second kappa shape index (κ2) is 8.65. The Hall–Kier alpha value is -0.360. The van der Waals surface area contributed by atoms with E-state index in [-0.39, 0.29) is 19.4 Å². The topological polar surface area (TPSA) is 138 Å². The van der Waals surface area contributed by atoms with Gasteiger partial charge in [0.1, 0.15) is 24.4 Å². The molecule has 9 nitrogen and oxygen atoms in total. The molecular weight excluding hydrogens is 312 g/mol. The van der Waals surface area contributed by atoms with Crippen molar-refractivity contribution in [1.82, 2.24) is 0 Å². The molecule has 2 saturated heterocycles. The SMILES string of the molecule is CCOC1CC(O)C(OC2C[C@@H](O)C(O)C(CO)O2)C(CO)O1. The van der Waals surface area contributed by atoms with Crippen LogP contribution < -0.4 is 0 Å². The molecule has 23 heavy (non-hydrogen) atoms. The lowest BCUT2D eigenvalue weighted by atomic mass is 10.00. The van der Waals surface area contributed by atoms with Gasteiger partial charge in [-0.25, -0.2) is 0 Å². The van der Waals surface area contributed by atoms with Crippen LogP contribution >= 0.6 is 0 Å². The van der Waals surface area contributed by atoms with Gasteiger partial charge in [-0.05, 0) is 6.92 Å². The maximum Gasteiger partial charge on any atom is 0.161 e. The average molecular weight is 338 g/mol. The monoisotopic (exact) mass is 338 g/mol. The molecule has 0 aromatic carbocycles. The predicted molar refractivity (Wildman–Crippen MR) is 75.2 cm³/mol. The van der Waals surface area contributed by atoms with E-state index in [0.717, 1.165) is 0 Å². The Bertz CT molecular complexity index is 355. The lowest BCUT2D eigenvalue weighted by Gasteiger charge is -2.42. The summed E-state index contributed by atoms with van der Waals surface area (Å²) in [5.41, 5.74) is 0. The minimum absolute atomic E-state index is 0.0199. The van der Waals surface area contributed by atoms with E-state index in [2.05, 4.69) is 0 Å². The highest BCUT2D eigenvalue weighted by atomic mass is 16.7. The van der Waals surface area contributed by atoms with E-state index >= 15 is 0 Å². The quantitative estimate of drug-likeness (QED) is 0.362. The Kier molecular flexibility index (Phi) is 7.14. The van der Waals surface area contributed by atoms with Crippen molar-refractivity contribution in [3.05, 3.63) is 0 Å². The molecule has 0 amide bonds. The standard InChI is InChI=1S/C14H26O9/c1-2-20-11-4-8(18)14(10(6-16)22-11)23-12-3-7(17)13(19)9(5-15)21-12/h7-19H,2-6H2,1H3/t7-,8?,9?,10?,11?,12?,13?,14?/m1/s1. The van der Waals surface area contributed by atoms with Crippen LogP contribution in [0.25, 0.3) is 0 Å². The van der Waals surface area contributed by atoms with Gasteiger partial charge >= 0.3 is 0 Å². The molecule has 0 aromatic rings. The maximum absolute atomic E-state index is 10.2. The predicted octanol–water partition coefficient (Wildman–Crippen LogP) is -2.29. The average Bonchev–Trinajstić information content (AvgIpc) is 2.53.